The molecule has 0 saturated heterocycles. The van der Waals surface area contributed by atoms with Crippen molar-refractivity contribution in [1.29, 1.82) is 0 Å². The number of hydrogen-bond acceptors (Lipinski definition) is 15. The topological polar surface area (TPSA) is 237 Å². The molecule has 0 aliphatic carbocycles. The van der Waals surface area contributed by atoms with Crippen molar-refractivity contribution in [3.8, 4) is 0 Å². The van der Waals surface area contributed by atoms with Gasteiger partial charge in [-0.1, -0.05) is 270 Å². The van der Waals surface area contributed by atoms with Crippen LogP contribution in [-0.2, 0) is 65.4 Å². The van der Waals surface area contributed by atoms with Crippen molar-refractivity contribution in [3.05, 3.63) is 146 Å². The van der Waals surface area contributed by atoms with Crippen LogP contribution in [0.2, 0.25) is 0 Å². The summed E-state index contributed by atoms with van der Waals surface area (Å²) < 4.78 is 68.6. The predicted molar refractivity (Wildman–Crippen MR) is 427 cm³/mol. The molecule has 0 saturated carbocycles. The zero-order valence-electron chi connectivity index (χ0n) is 64.9. The van der Waals surface area contributed by atoms with Gasteiger partial charge in [0, 0.05) is 25.7 Å². The molecule has 0 aromatic heterocycles. The molecule has 104 heavy (non-hydrogen) atoms. The van der Waals surface area contributed by atoms with Crippen LogP contribution in [-0.4, -0.2) is 96.7 Å². The van der Waals surface area contributed by atoms with E-state index in [-0.39, 0.29) is 25.7 Å². The van der Waals surface area contributed by atoms with E-state index in [1.807, 2.05) is 0 Å². The molecular weight excluding hydrogens is 1350 g/mol. The maximum Gasteiger partial charge on any atom is 0.472 e. The Morgan fingerprint density at radius 3 is 0.798 bits per heavy atom. The molecule has 594 valence electrons. The Balaban J connectivity index is 5.40. The Labute approximate surface area is 630 Å². The maximum atomic E-state index is 13.1. The van der Waals surface area contributed by atoms with Crippen molar-refractivity contribution < 1.29 is 80.2 Å². The van der Waals surface area contributed by atoms with Gasteiger partial charge in [-0.05, 0) is 161 Å². The summed E-state index contributed by atoms with van der Waals surface area (Å²) in [6.45, 7) is 4.44. The van der Waals surface area contributed by atoms with Gasteiger partial charge in [0.25, 0.3) is 0 Å². The molecule has 0 aromatic carbocycles. The minimum absolute atomic E-state index is 0.0365. The van der Waals surface area contributed by atoms with Gasteiger partial charge in [-0.2, -0.15) is 0 Å². The number of esters is 4. The molecule has 0 fully saturated rings. The number of carbonyl (C=O) groups is 4. The lowest BCUT2D eigenvalue weighted by Gasteiger charge is -2.21. The highest BCUT2D eigenvalue weighted by molar-refractivity contribution is 7.47. The third-order valence-electron chi connectivity index (χ3n) is 16.3. The Hall–Kier alpha value is -5.06. The van der Waals surface area contributed by atoms with Crippen molar-refractivity contribution in [3.63, 3.8) is 0 Å². The first-order valence-electron chi connectivity index (χ1n) is 40.1. The van der Waals surface area contributed by atoms with Crippen LogP contribution in [0.1, 0.15) is 310 Å². The van der Waals surface area contributed by atoms with Crippen molar-refractivity contribution >= 4 is 39.5 Å². The zero-order chi connectivity index (χ0) is 76.0. The third kappa shape index (κ3) is 75.2. The van der Waals surface area contributed by atoms with Gasteiger partial charge in [0.15, 0.2) is 12.2 Å². The van der Waals surface area contributed by atoms with E-state index in [4.69, 9.17) is 37.0 Å². The molecular formula is C85H142O17P2. The summed E-state index contributed by atoms with van der Waals surface area (Å²) in [4.78, 5) is 73.0. The van der Waals surface area contributed by atoms with E-state index in [2.05, 4.69) is 174 Å². The number of allylic oxidation sites excluding steroid dienone is 24. The van der Waals surface area contributed by atoms with E-state index in [1.165, 1.54) is 25.7 Å². The largest absolute Gasteiger partial charge is 0.472 e. The van der Waals surface area contributed by atoms with E-state index >= 15 is 0 Å². The predicted octanol–water partition coefficient (Wildman–Crippen LogP) is 23.4. The monoisotopic (exact) mass is 1500 g/mol. The molecule has 0 rings (SSSR count). The van der Waals surface area contributed by atoms with Crippen LogP contribution < -0.4 is 0 Å². The minimum atomic E-state index is -5.00. The molecule has 19 heteroatoms. The first kappa shape index (κ1) is 98.9. The van der Waals surface area contributed by atoms with Gasteiger partial charge < -0.3 is 33.8 Å². The molecule has 0 radical (unpaired) electrons. The fourth-order valence-electron chi connectivity index (χ4n) is 10.3. The third-order valence-corrected chi connectivity index (χ3v) is 18.2. The van der Waals surface area contributed by atoms with Crippen LogP contribution in [0.4, 0.5) is 0 Å². The summed E-state index contributed by atoms with van der Waals surface area (Å²) in [7, 11) is -9.99. The summed E-state index contributed by atoms with van der Waals surface area (Å²) >= 11 is 0. The highest BCUT2D eigenvalue weighted by atomic mass is 31.2. The first-order chi connectivity index (χ1) is 50.7. The molecule has 0 aromatic rings. The maximum absolute atomic E-state index is 13.1. The molecule has 3 N–H and O–H groups in total. The Morgan fingerprint density at radius 2 is 0.500 bits per heavy atom. The van der Waals surface area contributed by atoms with E-state index in [9.17, 15) is 43.2 Å². The van der Waals surface area contributed by atoms with E-state index in [0.29, 0.717) is 32.1 Å². The molecule has 0 bridgehead atoms. The SMILES string of the molecule is CC/C=C\C/C=C\C/C=C\C/C=C\CCCCCCCCC(=O)OCC(COP(=O)(O)OCC(O)COP(=O)(O)OCC(COC(=O)CCCCCCCCC/C=C\C/C=C\C/C=C\CC)OC(=O)CCCC/C=C\C/C=C\C/C=C\C/C=C\CC)OC(=O)CCCCCCC/C=C\CCCCCC. The Bertz CT molecular complexity index is 2540. The van der Waals surface area contributed by atoms with Gasteiger partial charge in [0.1, 0.15) is 19.3 Å². The summed E-state index contributed by atoms with van der Waals surface area (Å²) in [6, 6.07) is 0. The second kappa shape index (κ2) is 76.1. The number of aliphatic hydroxyl groups excluding tert-OH is 1. The standard InChI is InChI=1S/C85H142O17P2/c1-5-9-13-17-21-25-29-33-36-38-39-41-44-47-50-54-58-62-66-70-83(88)95-75-80(101-84(89)71-67-63-59-55-51-45-32-28-24-20-16-12-8-4)77-99-103(91,92)97-73-79(86)74-98-104(93,94)100-78-81(102-85(90)72-68-64-60-56-52-48-42-35-31-27-23-19-15-11-7-3)76-96-82(87)69-65-61-57-53-49-46-43-40-37-34-30-26-22-18-14-10-6-2/h9-11,13-15,21-23,25-28,32-37,39,41-42,52,56,79-81,86H,5-8,12,16-20,24,29-31,38,40,43-51,53-55,57-78H2,1-4H3,(H,91,92)(H,93,94)/b13-9-,14-10-,15-11-,25-21-,26-22-,27-23-,32-28-,36-33-,37-34-,41-39-,42-35-,56-52-. The molecule has 0 amide bonds. The van der Waals surface area contributed by atoms with E-state index in [1.54, 1.807) is 0 Å². The second-order valence-electron chi connectivity index (χ2n) is 26.2. The number of aliphatic hydroxyl groups is 1. The highest BCUT2D eigenvalue weighted by Gasteiger charge is 2.30. The van der Waals surface area contributed by atoms with Crippen LogP contribution in [0.3, 0.4) is 0 Å². The lowest BCUT2D eigenvalue weighted by Crippen LogP contribution is -2.30. The number of ether oxygens (including phenoxy) is 4. The summed E-state index contributed by atoms with van der Waals surface area (Å²) in [5.74, 6) is -2.26. The normalized spacial score (nSPS) is 14.6. The second-order valence-corrected chi connectivity index (χ2v) is 29.1. The van der Waals surface area contributed by atoms with Gasteiger partial charge in [-0.3, -0.25) is 37.3 Å². The molecule has 5 atom stereocenters. The quantitative estimate of drug-likeness (QED) is 0.0169. The van der Waals surface area contributed by atoms with Crippen LogP contribution in [0.25, 0.3) is 0 Å². The van der Waals surface area contributed by atoms with Gasteiger partial charge in [0.05, 0.1) is 26.4 Å². The Kier molecular flexibility index (Phi) is 72.4. The average Bonchev–Trinajstić information content (AvgIpc) is 0.939. The van der Waals surface area contributed by atoms with Gasteiger partial charge >= 0.3 is 39.5 Å². The van der Waals surface area contributed by atoms with Gasteiger partial charge in [-0.25, -0.2) is 9.13 Å². The van der Waals surface area contributed by atoms with Gasteiger partial charge in [0.2, 0.25) is 0 Å². The zero-order valence-corrected chi connectivity index (χ0v) is 66.7. The number of hydrogen-bond donors (Lipinski definition) is 3. The lowest BCUT2D eigenvalue weighted by atomic mass is 10.1. The van der Waals surface area contributed by atoms with Crippen LogP contribution in [0.5, 0.6) is 0 Å². The molecule has 17 nitrogen and oxygen atoms in total. The number of unbranched alkanes of at least 4 members (excludes halogenated alkanes) is 24. The molecule has 0 heterocycles. The van der Waals surface area contributed by atoms with Crippen LogP contribution in [0.15, 0.2) is 146 Å². The number of phosphoric acid groups is 2. The van der Waals surface area contributed by atoms with Crippen LogP contribution >= 0.6 is 15.6 Å². The van der Waals surface area contributed by atoms with E-state index < -0.39 is 97.5 Å². The number of phosphoric ester groups is 2. The van der Waals surface area contributed by atoms with Crippen molar-refractivity contribution in [2.75, 3.05) is 39.6 Å². The number of rotatable bonds is 74. The van der Waals surface area contributed by atoms with E-state index in [0.717, 1.165) is 199 Å². The Morgan fingerprint density at radius 1 is 0.279 bits per heavy atom. The van der Waals surface area contributed by atoms with Crippen LogP contribution in [0, 0.1) is 0 Å². The lowest BCUT2D eigenvalue weighted by molar-refractivity contribution is -0.161. The highest BCUT2D eigenvalue weighted by Crippen LogP contribution is 2.45. The molecule has 0 spiro atoms. The fraction of sp³-hybridized carbons (Fsp3) is 0.671. The van der Waals surface area contributed by atoms with Crippen molar-refractivity contribution in [2.24, 2.45) is 0 Å². The molecule has 0 aliphatic rings. The van der Waals surface area contributed by atoms with Crippen molar-refractivity contribution in [1.82, 2.24) is 0 Å². The van der Waals surface area contributed by atoms with Gasteiger partial charge in [-0.15, -0.1) is 0 Å². The fourth-order valence-corrected chi connectivity index (χ4v) is 11.8. The summed E-state index contributed by atoms with van der Waals surface area (Å²) in [6.07, 6.45) is 86.8. The minimum Gasteiger partial charge on any atom is -0.462 e. The average molecular weight is 1500 g/mol. The first-order valence-corrected chi connectivity index (χ1v) is 43.1. The summed E-state index contributed by atoms with van der Waals surface area (Å²) in [5, 5.41) is 10.6. The number of carbonyl (C=O) groups excluding carboxylic acids is 4. The van der Waals surface area contributed by atoms with Crippen molar-refractivity contribution in [2.45, 2.75) is 329 Å². The molecule has 0 aliphatic heterocycles. The smallest absolute Gasteiger partial charge is 0.462 e. The molecule has 5 unspecified atom stereocenters. The summed E-state index contributed by atoms with van der Waals surface area (Å²) in [5.41, 5.74) is 0.